The van der Waals surface area contributed by atoms with E-state index in [1.54, 1.807) is 43.3 Å². The van der Waals surface area contributed by atoms with Crippen LogP contribution in [0.5, 0.6) is 17.2 Å². The molecule has 0 saturated heterocycles. The van der Waals surface area contributed by atoms with Crippen molar-refractivity contribution in [2.24, 2.45) is 0 Å². The van der Waals surface area contributed by atoms with Crippen LogP contribution < -0.4 is 19.5 Å². The lowest BCUT2D eigenvalue weighted by atomic mass is 10.1. The molecule has 0 spiro atoms. The first-order chi connectivity index (χ1) is 14.7. The van der Waals surface area contributed by atoms with E-state index in [1.165, 1.54) is 25.2 Å². The molecule has 0 aliphatic rings. The van der Waals surface area contributed by atoms with Crippen molar-refractivity contribution in [1.29, 1.82) is 0 Å². The first-order valence-corrected chi connectivity index (χ1v) is 9.94. The van der Waals surface area contributed by atoms with Crippen LogP contribution in [0.25, 0.3) is 0 Å². The van der Waals surface area contributed by atoms with Gasteiger partial charge in [-0.2, -0.15) is 0 Å². The summed E-state index contributed by atoms with van der Waals surface area (Å²) in [6.45, 7) is 4.85. The molecule has 0 radical (unpaired) electrons. The molecule has 1 atom stereocenters. The topological polar surface area (TPSA) is 77.1 Å². The van der Waals surface area contributed by atoms with Gasteiger partial charge in [0.25, 0.3) is 5.91 Å². The molecule has 31 heavy (non-hydrogen) atoms. The van der Waals surface area contributed by atoms with Gasteiger partial charge in [-0.05, 0) is 26.8 Å². The molecule has 0 aromatic heterocycles. The first-order valence-electron chi connectivity index (χ1n) is 9.94. The van der Waals surface area contributed by atoms with E-state index in [-0.39, 0.29) is 25.1 Å². The van der Waals surface area contributed by atoms with Crippen LogP contribution in [0.2, 0.25) is 0 Å². The molecule has 0 unspecified atom stereocenters. The molecule has 2 amide bonds. The van der Waals surface area contributed by atoms with Gasteiger partial charge < -0.3 is 24.4 Å². The molecule has 7 nitrogen and oxygen atoms in total. The molecule has 0 aliphatic carbocycles. The van der Waals surface area contributed by atoms with Crippen LogP contribution in [0.1, 0.15) is 26.3 Å². The molecule has 168 valence electrons. The molecule has 0 heterocycles. The Morgan fingerprint density at radius 3 is 2.13 bits per heavy atom. The lowest BCUT2D eigenvalue weighted by Gasteiger charge is -2.29. The summed E-state index contributed by atoms with van der Waals surface area (Å²) < 4.78 is 30.2. The average molecular weight is 432 g/mol. The standard InChI is InChI=1S/C23H29FN2O5/c1-15(2)25-23(28)16(3)26(13-17-8-6-7-9-21(17)24)22(27)14-31-20-11-18(29-4)10-19(12-20)30-5/h6-12,15-16H,13-14H2,1-5H3,(H,25,28)/t16-/m1/s1. The number of nitrogens with zero attached hydrogens (tertiary/aromatic N) is 1. The van der Waals surface area contributed by atoms with Gasteiger partial charge >= 0.3 is 0 Å². The Morgan fingerprint density at radius 2 is 1.58 bits per heavy atom. The molecule has 0 fully saturated rings. The average Bonchev–Trinajstić information content (AvgIpc) is 2.75. The smallest absolute Gasteiger partial charge is 0.261 e. The van der Waals surface area contributed by atoms with Crippen LogP contribution in [0.4, 0.5) is 4.39 Å². The van der Waals surface area contributed by atoms with Crippen LogP contribution in [0.3, 0.4) is 0 Å². The summed E-state index contributed by atoms with van der Waals surface area (Å²) in [4.78, 5) is 26.9. The summed E-state index contributed by atoms with van der Waals surface area (Å²) in [6, 6.07) is 10.1. The monoisotopic (exact) mass is 432 g/mol. The van der Waals surface area contributed by atoms with Gasteiger partial charge in [0.2, 0.25) is 5.91 Å². The molecular weight excluding hydrogens is 403 g/mol. The van der Waals surface area contributed by atoms with E-state index in [1.807, 2.05) is 13.8 Å². The first kappa shape index (κ1) is 24.0. The number of benzene rings is 2. The van der Waals surface area contributed by atoms with Crippen LogP contribution in [-0.4, -0.2) is 49.6 Å². The number of rotatable bonds is 10. The Kier molecular flexibility index (Phi) is 8.66. The van der Waals surface area contributed by atoms with E-state index < -0.39 is 17.8 Å². The summed E-state index contributed by atoms with van der Waals surface area (Å²) in [5, 5.41) is 2.78. The maximum Gasteiger partial charge on any atom is 0.261 e. The van der Waals surface area contributed by atoms with Crippen LogP contribution >= 0.6 is 0 Å². The van der Waals surface area contributed by atoms with E-state index in [4.69, 9.17) is 14.2 Å². The maximum absolute atomic E-state index is 14.2. The maximum atomic E-state index is 14.2. The molecular formula is C23H29FN2O5. The number of hydrogen-bond acceptors (Lipinski definition) is 5. The van der Waals surface area contributed by atoms with E-state index >= 15 is 0 Å². The minimum Gasteiger partial charge on any atom is -0.496 e. The van der Waals surface area contributed by atoms with E-state index in [0.717, 1.165) is 0 Å². The zero-order chi connectivity index (χ0) is 23.0. The Balaban J connectivity index is 2.21. The number of carbonyl (C=O) groups excluding carboxylic acids is 2. The minimum absolute atomic E-state index is 0.0665. The molecule has 0 bridgehead atoms. The third-order valence-electron chi connectivity index (χ3n) is 4.58. The SMILES string of the molecule is COc1cc(OC)cc(OCC(=O)N(Cc2ccccc2F)[C@H](C)C(=O)NC(C)C)c1. The van der Waals surface area contributed by atoms with Crippen LogP contribution in [-0.2, 0) is 16.1 Å². The molecule has 1 N–H and O–H groups in total. The van der Waals surface area contributed by atoms with Gasteiger partial charge in [0, 0.05) is 36.3 Å². The predicted molar refractivity (Wildman–Crippen MR) is 115 cm³/mol. The van der Waals surface area contributed by atoms with Gasteiger partial charge in [0.1, 0.15) is 29.1 Å². The van der Waals surface area contributed by atoms with Crippen molar-refractivity contribution in [3.05, 3.63) is 53.8 Å². The van der Waals surface area contributed by atoms with Gasteiger partial charge in [-0.1, -0.05) is 18.2 Å². The second-order valence-electron chi connectivity index (χ2n) is 7.29. The highest BCUT2D eigenvalue weighted by atomic mass is 19.1. The van der Waals surface area contributed by atoms with Gasteiger partial charge in [0.15, 0.2) is 6.61 Å². The Labute approximate surface area is 182 Å². The number of amides is 2. The van der Waals surface area contributed by atoms with Gasteiger partial charge in [-0.25, -0.2) is 4.39 Å². The van der Waals surface area contributed by atoms with E-state index in [0.29, 0.717) is 22.8 Å². The summed E-state index contributed by atoms with van der Waals surface area (Å²) >= 11 is 0. The van der Waals surface area contributed by atoms with Crippen LogP contribution in [0, 0.1) is 5.82 Å². The van der Waals surface area contributed by atoms with Crippen molar-refractivity contribution in [2.75, 3.05) is 20.8 Å². The van der Waals surface area contributed by atoms with Crippen molar-refractivity contribution < 1.29 is 28.2 Å². The van der Waals surface area contributed by atoms with E-state index in [2.05, 4.69) is 5.32 Å². The summed E-state index contributed by atoms with van der Waals surface area (Å²) in [5.41, 5.74) is 0.308. The van der Waals surface area contributed by atoms with Crippen molar-refractivity contribution in [3.63, 3.8) is 0 Å². The number of halogens is 1. The largest absolute Gasteiger partial charge is 0.496 e. The van der Waals surface area contributed by atoms with Gasteiger partial charge in [0.05, 0.1) is 14.2 Å². The normalized spacial score (nSPS) is 11.6. The van der Waals surface area contributed by atoms with E-state index in [9.17, 15) is 14.0 Å². The zero-order valence-electron chi connectivity index (χ0n) is 18.5. The van der Waals surface area contributed by atoms with Crippen molar-refractivity contribution in [2.45, 2.75) is 39.4 Å². The third-order valence-corrected chi connectivity index (χ3v) is 4.58. The Morgan fingerprint density at radius 1 is 1.00 bits per heavy atom. The zero-order valence-corrected chi connectivity index (χ0v) is 18.5. The fourth-order valence-electron chi connectivity index (χ4n) is 2.89. The lowest BCUT2D eigenvalue weighted by molar-refractivity contribution is -0.142. The number of methoxy groups -OCH3 is 2. The van der Waals surface area contributed by atoms with Crippen molar-refractivity contribution >= 4 is 11.8 Å². The lowest BCUT2D eigenvalue weighted by Crippen LogP contribution is -2.50. The number of hydrogen-bond donors (Lipinski definition) is 1. The summed E-state index contributed by atoms with van der Waals surface area (Å²) in [7, 11) is 3.02. The van der Waals surface area contributed by atoms with Crippen LogP contribution in [0.15, 0.2) is 42.5 Å². The molecule has 0 aliphatic heterocycles. The molecule has 0 saturated carbocycles. The van der Waals surface area contributed by atoms with Gasteiger partial charge in [-0.3, -0.25) is 9.59 Å². The predicted octanol–water partition coefficient (Wildman–Crippen LogP) is 3.16. The van der Waals surface area contributed by atoms with Crippen molar-refractivity contribution in [1.82, 2.24) is 10.2 Å². The highest BCUT2D eigenvalue weighted by Crippen LogP contribution is 2.27. The Hall–Kier alpha value is -3.29. The minimum atomic E-state index is -0.821. The summed E-state index contributed by atoms with van der Waals surface area (Å²) in [5.74, 6) is 0.147. The third kappa shape index (κ3) is 6.87. The molecule has 2 rings (SSSR count). The molecule has 8 heteroatoms. The second kappa shape index (κ2) is 11.2. The Bertz CT molecular complexity index is 881. The molecule has 2 aromatic carbocycles. The highest BCUT2D eigenvalue weighted by Gasteiger charge is 2.27. The fraction of sp³-hybridized carbons (Fsp3) is 0.391. The number of nitrogens with one attached hydrogen (secondary N) is 1. The highest BCUT2D eigenvalue weighted by molar-refractivity contribution is 5.88. The molecule has 2 aromatic rings. The second-order valence-corrected chi connectivity index (χ2v) is 7.29. The fourth-order valence-corrected chi connectivity index (χ4v) is 2.89. The number of ether oxygens (including phenoxy) is 3. The van der Waals surface area contributed by atoms with Gasteiger partial charge in [-0.15, -0.1) is 0 Å². The number of carbonyl (C=O) groups is 2. The quantitative estimate of drug-likeness (QED) is 0.624. The summed E-state index contributed by atoms with van der Waals surface area (Å²) in [6.07, 6.45) is 0. The van der Waals surface area contributed by atoms with Crippen molar-refractivity contribution in [3.8, 4) is 17.2 Å².